The van der Waals surface area contributed by atoms with E-state index in [1.165, 1.54) is 62.5 Å². The summed E-state index contributed by atoms with van der Waals surface area (Å²) in [5, 5.41) is 3.87. The first kappa shape index (κ1) is 19.6. The minimum Gasteiger partial charge on any atom is -0.481 e. The average Bonchev–Trinajstić information content (AvgIpc) is 2.70. The number of thioether (sulfide) groups is 1. The molecule has 0 heterocycles. The van der Waals surface area contributed by atoms with Crippen LogP contribution in [0, 0.1) is 0 Å². The van der Waals surface area contributed by atoms with E-state index in [1.54, 1.807) is 0 Å². The summed E-state index contributed by atoms with van der Waals surface area (Å²) in [6.45, 7) is 2.75. The van der Waals surface area contributed by atoms with Gasteiger partial charge in [-0.15, -0.1) is 0 Å². The summed E-state index contributed by atoms with van der Waals surface area (Å²) in [5.41, 5.74) is 2.84. The van der Waals surface area contributed by atoms with Crippen LogP contribution in [0.25, 0.3) is 0 Å². The number of aryl methyl sites for hydroxylation is 2. The number of nitrogens with one attached hydrogen (secondary N) is 1. The topological polar surface area (TPSA) is 38.3 Å². The summed E-state index contributed by atoms with van der Waals surface area (Å²) in [6, 6.07) is 6.34. The van der Waals surface area contributed by atoms with Gasteiger partial charge in [0.05, 0.1) is 0 Å². The van der Waals surface area contributed by atoms with E-state index in [0.717, 1.165) is 29.7 Å². The zero-order valence-electron chi connectivity index (χ0n) is 16.1. The van der Waals surface area contributed by atoms with Crippen molar-refractivity contribution in [3.8, 4) is 5.75 Å². The Morgan fingerprint density at radius 3 is 2.69 bits per heavy atom. The number of ether oxygens (including phenoxy) is 1. The Morgan fingerprint density at radius 2 is 1.92 bits per heavy atom. The number of carbonyl (C=O) groups excluding carboxylic acids is 1. The Labute approximate surface area is 162 Å². The van der Waals surface area contributed by atoms with Gasteiger partial charge in [0.2, 0.25) is 0 Å². The molecule has 1 fully saturated rings. The van der Waals surface area contributed by atoms with Crippen LogP contribution in [0.5, 0.6) is 5.75 Å². The number of rotatable bonds is 8. The van der Waals surface area contributed by atoms with Crippen molar-refractivity contribution in [2.75, 3.05) is 12.3 Å². The first-order valence-electron chi connectivity index (χ1n) is 10.4. The van der Waals surface area contributed by atoms with Crippen LogP contribution in [0.4, 0.5) is 0 Å². The van der Waals surface area contributed by atoms with Crippen LogP contribution in [0.2, 0.25) is 0 Å². The van der Waals surface area contributed by atoms with Crippen LogP contribution in [0.3, 0.4) is 0 Å². The van der Waals surface area contributed by atoms with Gasteiger partial charge < -0.3 is 10.1 Å². The smallest absolute Gasteiger partial charge is 0.261 e. The fourth-order valence-electron chi connectivity index (χ4n) is 4.02. The van der Waals surface area contributed by atoms with Gasteiger partial charge in [-0.2, -0.15) is 11.8 Å². The summed E-state index contributed by atoms with van der Waals surface area (Å²) in [7, 11) is 0. The lowest BCUT2D eigenvalue weighted by molar-refractivity contribution is -0.127. The first-order chi connectivity index (χ1) is 12.8. The second-order valence-corrected chi connectivity index (χ2v) is 8.98. The Balaban J connectivity index is 1.43. The van der Waals surface area contributed by atoms with E-state index in [1.807, 2.05) is 24.8 Å². The lowest BCUT2D eigenvalue weighted by Gasteiger charge is -2.22. The molecule has 0 aliphatic heterocycles. The quantitative estimate of drug-likeness (QED) is 0.657. The summed E-state index contributed by atoms with van der Waals surface area (Å²) in [5.74, 6) is 1.87. The summed E-state index contributed by atoms with van der Waals surface area (Å²) in [4.78, 5) is 12.5. The molecule has 0 bridgehead atoms. The van der Waals surface area contributed by atoms with Crippen LogP contribution < -0.4 is 10.1 Å². The molecule has 2 aliphatic carbocycles. The predicted molar refractivity (Wildman–Crippen MR) is 110 cm³/mol. The van der Waals surface area contributed by atoms with Crippen molar-refractivity contribution in [1.29, 1.82) is 0 Å². The highest BCUT2D eigenvalue weighted by molar-refractivity contribution is 7.99. The number of hydrogen-bond donors (Lipinski definition) is 1. The lowest BCUT2D eigenvalue weighted by atomic mass is 9.92. The van der Waals surface area contributed by atoms with Crippen molar-refractivity contribution < 1.29 is 9.53 Å². The molecule has 3 rings (SSSR count). The molecule has 1 aromatic carbocycles. The molecule has 1 N–H and O–H groups in total. The molecular formula is C22H33NO2S. The van der Waals surface area contributed by atoms with Gasteiger partial charge in [0, 0.05) is 17.5 Å². The van der Waals surface area contributed by atoms with Gasteiger partial charge >= 0.3 is 0 Å². The molecule has 1 amide bonds. The number of carbonyl (C=O) groups is 1. The molecule has 3 nitrogen and oxygen atoms in total. The van der Waals surface area contributed by atoms with Crippen LogP contribution in [-0.4, -0.2) is 29.6 Å². The number of amides is 1. The molecule has 144 valence electrons. The molecule has 0 unspecified atom stereocenters. The largest absolute Gasteiger partial charge is 0.481 e. The Kier molecular flexibility index (Phi) is 7.72. The second-order valence-electron chi connectivity index (χ2n) is 7.57. The fraction of sp³-hybridized carbons (Fsp3) is 0.682. The van der Waals surface area contributed by atoms with E-state index in [0.29, 0.717) is 6.42 Å². The Bertz CT molecular complexity index is 584. The van der Waals surface area contributed by atoms with Crippen LogP contribution in [0.15, 0.2) is 18.2 Å². The van der Waals surface area contributed by atoms with E-state index in [-0.39, 0.29) is 5.91 Å². The maximum atomic E-state index is 12.5. The molecule has 4 heteroatoms. The highest BCUT2D eigenvalue weighted by Crippen LogP contribution is 2.28. The zero-order chi connectivity index (χ0) is 18.2. The van der Waals surface area contributed by atoms with Crippen LogP contribution >= 0.6 is 11.8 Å². The summed E-state index contributed by atoms with van der Waals surface area (Å²) in [6.07, 6.45) is 12.0. The molecule has 0 radical (unpaired) electrons. The van der Waals surface area contributed by atoms with Crippen molar-refractivity contribution in [1.82, 2.24) is 5.32 Å². The fourth-order valence-corrected chi connectivity index (χ4v) is 5.24. The summed E-state index contributed by atoms with van der Waals surface area (Å²) < 4.78 is 6.02. The second kappa shape index (κ2) is 10.2. The molecular weight excluding hydrogens is 342 g/mol. The normalized spacial score (nSPS) is 18.8. The van der Waals surface area contributed by atoms with Crippen LogP contribution in [-0.2, 0) is 17.6 Å². The van der Waals surface area contributed by atoms with Crippen molar-refractivity contribution in [3.05, 3.63) is 29.3 Å². The highest BCUT2D eigenvalue weighted by Gasteiger charge is 2.19. The zero-order valence-corrected chi connectivity index (χ0v) is 16.9. The number of benzene rings is 1. The number of fused-ring (bicyclic) bond motifs is 1. The van der Waals surface area contributed by atoms with E-state index in [4.69, 9.17) is 4.74 Å². The molecule has 0 saturated heterocycles. The molecule has 2 aliphatic rings. The molecule has 1 aromatic rings. The van der Waals surface area contributed by atoms with Crippen molar-refractivity contribution in [2.45, 2.75) is 82.5 Å². The molecule has 26 heavy (non-hydrogen) atoms. The minimum atomic E-state index is -0.392. The maximum absolute atomic E-state index is 12.5. The van der Waals surface area contributed by atoms with Crippen LogP contribution in [0.1, 0.15) is 69.4 Å². The van der Waals surface area contributed by atoms with Gasteiger partial charge in [0.15, 0.2) is 6.10 Å². The van der Waals surface area contributed by atoms with E-state index < -0.39 is 6.10 Å². The SMILES string of the molecule is CC[C@H](Oc1ccc2c(c1)CCCC2)C(=O)NCCSC1CCCCC1. The van der Waals surface area contributed by atoms with Gasteiger partial charge in [-0.25, -0.2) is 0 Å². The van der Waals surface area contributed by atoms with E-state index in [9.17, 15) is 4.79 Å². The Morgan fingerprint density at radius 1 is 1.15 bits per heavy atom. The van der Waals surface area contributed by atoms with Gasteiger partial charge in [-0.3, -0.25) is 4.79 Å². The van der Waals surface area contributed by atoms with Crippen molar-refractivity contribution in [2.24, 2.45) is 0 Å². The third-order valence-electron chi connectivity index (χ3n) is 5.57. The average molecular weight is 376 g/mol. The summed E-state index contributed by atoms with van der Waals surface area (Å²) >= 11 is 2.02. The molecule has 1 atom stereocenters. The third-order valence-corrected chi connectivity index (χ3v) is 6.95. The lowest BCUT2D eigenvalue weighted by Crippen LogP contribution is -2.39. The molecule has 0 spiro atoms. The molecule has 1 saturated carbocycles. The standard InChI is InChI=1S/C22H33NO2S/c1-2-21(22(24)23-14-15-26-20-10-4-3-5-11-20)25-19-13-12-17-8-6-7-9-18(17)16-19/h12-13,16,20-21H,2-11,14-15H2,1H3,(H,23,24)/t21-/m0/s1. The van der Waals surface area contributed by atoms with Crippen molar-refractivity contribution in [3.63, 3.8) is 0 Å². The minimum absolute atomic E-state index is 0.0227. The van der Waals surface area contributed by atoms with Gasteiger partial charge in [0.1, 0.15) is 5.75 Å². The predicted octanol–water partition coefficient (Wildman–Crippen LogP) is 4.90. The third kappa shape index (κ3) is 5.67. The van der Waals surface area contributed by atoms with Gasteiger partial charge in [0.25, 0.3) is 5.91 Å². The highest BCUT2D eigenvalue weighted by atomic mass is 32.2. The van der Waals surface area contributed by atoms with Gasteiger partial charge in [-0.05, 0) is 68.2 Å². The van der Waals surface area contributed by atoms with Crippen molar-refractivity contribution >= 4 is 17.7 Å². The maximum Gasteiger partial charge on any atom is 0.261 e. The molecule has 0 aromatic heterocycles. The van der Waals surface area contributed by atoms with E-state index >= 15 is 0 Å². The van der Waals surface area contributed by atoms with Gasteiger partial charge in [-0.1, -0.05) is 32.3 Å². The monoisotopic (exact) mass is 375 g/mol. The number of hydrogen-bond acceptors (Lipinski definition) is 3. The Hall–Kier alpha value is -1.16. The first-order valence-corrected chi connectivity index (χ1v) is 11.5. The van der Waals surface area contributed by atoms with E-state index in [2.05, 4.69) is 17.4 Å².